The molecule has 0 saturated heterocycles. The molecule has 1 aromatic rings. The number of ether oxygens (including phenoxy) is 2. The van der Waals surface area contributed by atoms with E-state index in [0.29, 0.717) is 17.2 Å². The standard InChI is InChI=1S/C21H26N2O4/c1-14-6-4-5-7-19(14)23-20(24)15(2)27-21(25)17(13-22)12-16-8-10-18(26-3)11-9-16/h8-12,14-15,19H,4-7H2,1-3H3,(H,23,24)/b17-12+/t14-,15-,19+/m1/s1. The molecule has 3 atom stereocenters. The van der Waals surface area contributed by atoms with Crippen LogP contribution in [-0.4, -0.2) is 31.1 Å². The maximum Gasteiger partial charge on any atom is 0.349 e. The molecule has 2 rings (SSSR count). The van der Waals surface area contributed by atoms with Gasteiger partial charge in [-0.05, 0) is 49.5 Å². The Bertz CT molecular complexity index is 734. The van der Waals surface area contributed by atoms with Gasteiger partial charge in [0.05, 0.1) is 7.11 Å². The van der Waals surface area contributed by atoms with Crippen molar-refractivity contribution in [1.29, 1.82) is 5.26 Å². The van der Waals surface area contributed by atoms with Crippen LogP contribution in [-0.2, 0) is 14.3 Å². The number of esters is 1. The third-order valence-corrected chi connectivity index (χ3v) is 4.86. The van der Waals surface area contributed by atoms with Gasteiger partial charge in [0.1, 0.15) is 17.4 Å². The molecule has 1 aromatic carbocycles. The average Bonchev–Trinajstić information content (AvgIpc) is 2.68. The van der Waals surface area contributed by atoms with E-state index < -0.39 is 12.1 Å². The fraction of sp³-hybridized carbons (Fsp3) is 0.476. The van der Waals surface area contributed by atoms with E-state index in [1.807, 2.05) is 6.07 Å². The highest BCUT2D eigenvalue weighted by atomic mass is 16.5. The molecule has 27 heavy (non-hydrogen) atoms. The van der Waals surface area contributed by atoms with Crippen LogP contribution in [0.15, 0.2) is 29.8 Å². The van der Waals surface area contributed by atoms with Gasteiger partial charge in [-0.25, -0.2) is 4.79 Å². The summed E-state index contributed by atoms with van der Waals surface area (Å²) in [4.78, 5) is 24.6. The molecule has 0 unspecified atom stereocenters. The number of amides is 1. The molecule has 1 N–H and O–H groups in total. The first-order valence-corrected chi connectivity index (χ1v) is 9.21. The van der Waals surface area contributed by atoms with Crippen molar-refractivity contribution < 1.29 is 19.1 Å². The molecule has 1 aliphatic rings. The molecule has 0 radical (unpaired) electrons. The van der Waals surface area contributed by atoms with Gasteiger partial charge < -0.3 is 14.8 Å². The first-order chi connectivity index (χ1) is 12.9. The summed E-state index contributed by atoms with van der Waals surface area (Å²) in [6, 6.07) is 8.86. The van der Waals surface area contributed by atoms with E-state index in [9.17, 15) is 14.9 Å². The number of hydrogen-bond donors (Lipinski definition) is 1. The van der Waals surface area contributed by atoms with Gasteiger partial charge in [0.25, 0.3) is 5.91 Å². The highest BCUT2D eigenvalue weighted by Crippen LogP contribution is 2.24. The minimum atomic E-state index is -0.959. The zero-order valence-electron chi connectivity index (χ0n) is 16.0. The van der Waals surface area contributed by atoms with Crippen molar-refractivity contribution in [1.82, 2.24) is 5.32 Å². The highest BCUT2D eigenvalue weighted by Gasteiger charge is 2.27. The van der Waals surface area contributed by atoms with Crippen molar-refractivity contribution in [2.75, 3.05) is 7.11 Å². The Morgan fingerprint density at radius 1 is 1.26 bits per heavy atom. The van der Waals surface area contributed by atoms with Crippen LogP contribution in [0.2, 0.25) is 0 Å². The van der Waals surface area contributed by atoms with Crippen molar-refractivity contribution in [3.05, 3.63) is 35.4 Å². The molecule has 1 aliphatic carbocycles. The number of carbonyl (C=O) groups is 2. The number of nitrogens with zero attached hydrogens (tertiary/aromatic N) is 1. The van der Waals surface area contributed by atoms with Crippen LogP contribution in [0.25, 0.3) is 6.08 Å². The Morgan fingerprint density at radius 2 is 1.93 bits per heavy atom. The van der Waals surface area contributed by atoms with E-state index in [1.54, 1.807) is 31.4 Å². The molecule has 6 nitrogen and oxygen atoms in total. The van der Waals surface area contributed by atoms with Gasteiger partial charge in [0.2, 0.25) is 0 Å². The topological polar surface area (TPSA) is 88.4 Å². The van der Waals surface area contributed by atoms with Gasteiger partial charge in [-0.1, -0.05) is 31.9 Å². The third kappa shape index (κ3) is 5.85. The summed E-state index contributed by atoms with van der Waals surface area (Å²) in [5.41, 5.74) is 0.503. The van der Waals surface area contributed by atoms with E-state index in [1.165, 1.54) is 19.4 Å². The van der Waals surface area contributed by atoms with Crippen LogP contribution in [0.5, 0.6) is 5.75 Å². The Balaban J connectivity index is 1.97. The van der Waals surface area contributed by atoms with Gasteiger partial charge >= 0.3 is 5.97 Å². The van der Waals surface area contributed by atoms with E-state index in [-0.39, 0.29) is 17.5 Å². The van der Waals surface area contributed by atoms with E-state index in [2.05, 4.69) is 12.2 Å². The lowest BCUT2D eigenvalue weighted by molar-refractivity contribution is -0.151. The van der Waals surface area contributed by atoms with Crippen molar-refractivity contribution >= 4 is 18.0 Å². The molecule has 1 fully saturated rings. The van der Waals surface area contributed by atoms with E-state index >= 15 is 0 Å². The largest absolute Gasteiger partial charge is 0.497 e. The number of benzene rings is 1. The van der Waals surface area contributed by atoms with E-state index in [4.69, 9.17) is 9.47 Å². The minimum absolute atomic E-state index is 0.109. The van der Waals surface area contributed by atoms with Crippen molar-refractivity contribution in [2.45, 2.75) is 51.7 Å². The second-order valence-corrected chi connectivity index (χ2v) is 6.87. The van der Waals surface area contributed by atoms with Crippen LogP contribution in [0.4, 0.5) is 0 Å². The predicted molar refractivity (Wildman–Crippen MR) is 102 cm³/mol. The third-order valence-electron chi connectivity index (χ3n) is 4.86. The Kier molecular flexibility index (Phi) is 7.42. The maximum atomic E-state index is 12.3. The first-order valence-electron chi connectivity index (χ1n) is 9.21. The van der Waals surface area contributed by atoms with Gasteiger partial charge in [-0.2, -0.15) is 5.26 Å². The smallest absolute Gasteiger partial charge is 0.349 e. The summed E-state index contributed by atoms with van der Waals surface area (Å²) < 4.78 is 10.3. The number of rotatable bonds is 6. The molecule has 1 saturated carbocycles. The van der Waals surface area contributed by atoms with Gasteiger partial charge in [-0.15, -0.1) is 0 Å². The van der Waals surface area contributed by atoms with Crippen molar-refractivity contribution in [3.63, 3.8) is 0 Å². The summed E-state index contributed by atoms with van der Waals surface area (Å²) >= 11 is 0. The minimum Gasteiger partial charge on any atom is -0.497 e. The van der Waals surface area contributed by atoms with Crippen molar-refractivity contribution in [3.8, 4) is 11.8 Å². The first kappa shape index (κ1) is 20.5. The lowest BCUT2D eigenvalue weighted by Crippen LogP contribution is -2.46. The lowest BCUT2D eigenvalue weighted by atomic mass is 9.86. The molecule has 144 valence electrons. The van der Waals surface area contributed by atoms with Crippen molar-refractivity contribution in [2.24, 2.45) is 5.92 Å². The monoisotopic (exact) mass is 370 g/mol. The zero-order valence-corrected chi connectivity index (χ0v) is 16.0. The number of nitriles is 1. The van der Waals surface area contributed by atoms with Crippen LogP contribution in [0, 0.1) is 17.2 Å². The van der Waals surface area contributed by atoms with Gasteiger partial charge in [-0.3, -0.25) is 4.79 Å². The fourth-order valence-electron chi connectivity index (χ4n) is 3.11. The Morgan fingerprint density at radius 3 is 2.52 bits per heavy atom. The highest BCUT2D eigenvalue weighted by molar-refractivity contribution is 5.99. The second kappa shape index (κ2) is 9.77. The molecule has 0 spiro atoms. The number of carbonyl (C=O) groups excluding carboxylic acids is 2. The Hall–Kier alpha value is -2.81. The molecule has 0 heterocycles. The summed E-state index contributed by atoms with van der Waals surface area (Å²) in [6.45, 7) is 3.63. The summed E-state index contributed by atoms with van der Waals surface area (Å²) in [5, 5.41) is 12.2. The fourth-order valence-corrected chi connectivity index (χ4v) is 3.11. The molecule has 6 heteroatoms. The molecule has 1 amide bonds. The van der Waals surface area contributed by atoms with Crippen LogP contribution in [0.1, 0.15) is 45.1 Å². The van der Waals surface area contributed by atoms with E-state index in [0.717, 1.165) is 19.3 Å². The normalized spacial score (nSPS) is 20.9. The van der Waals surface area contributed by atoms with Crippen LogP contribution >= 0.6 is 0 Å². The Labute approximate surface area is 160 Å². The second-order valence-electron chi connectivity index (χ2n) is 6.87. The summed E-state index contributed by atoms with van der Waals surface area (Å²) in [6.07, 6.45) is 4.76. The predicted octanol–water partition coefficient (Wildman–Crippen LogP) is 3.23. The molecule has 0 bridgehead atoms. The van der Waals surface area contributed by atoms with Gasteiger partial charge in [0, 0.05) is 6.04 Å². The maximum absolute atomic E-state index is 12.3. The quantitative estimate of drug-likeness (QED) is 0.472. The van der Waals surface area contributed by atoms with Gasteiger partial charge in [0.15, 0.2) is 6.10 Å². The zero-order chi connectivity index (χ0) is 19.8. The molecule has 0 aliphatic heterocycles. The SMILES string of the molecule is COc1ccc(/C=C(\C#N)C(=O)O[C@H](C)C(=O)N[C@H]2CCCC[C@H]2C)cc1. The van der Waals surface area contributed by atoms with Crippen LogP contribution in [0.3, 0.4) is 0 Å². The number of nitrogens with one attached hydrogen (secondary N) is 1. The molecular weight excluding hydrogens is 344 g/mol. The van der Waals surface area contributed by atoms with Crippen LogP contribution < -0.4 is 10.1 Å². The average molecular weight is 370 g/mol. The summed E-state index contributed by atoms with van der Waals surface area (Å²) in [7, 11) is 1.56. The lowest BCUT2D eigenvalue weighted by Gasteiger charge is -2.30. The number of hydrogen-bond acceptors (Lipinski definition) is 5. The summed E-state index contributed by atoms with van der Waals surface area (Å²) in [5.74, 6) is -0.0535. The molecule has 0 aromatic heterocycles. The molecular formula is C21H26N2O4. The number of methoxy groups -OCH3 is 1.